The number of amides is 1. The molecule has 1 aromatic heterocycles. The minimum absolute atomic E-state index is 0.0976. The fraction of sp³-hybridized carbons (Fsp3) is 0.188. The fourth-order valence-corrected chi connectivity index (χ4v) is 6.40. The van der Waals surface area contributed by atoms with Gasteiger partial charge in [-0.15, -0.1) is 10.2 Å². The van der Waals surface area contributed by atoms with E-state index in [4.69, 9.17) is 9.47 Å². The van der Waals surface area contributed by atoms with E-state index in [1.165, 1.54) is 28.8 Å². The smallest absolute Gasteiger partial charge is 0.296 e. The predicted molar refractivity (Wildman–Crippen MR) is 165 cm³/mol. The molecule has 0 aliphatic carbocycles. The molecule has 1 unspecified atom stereocenters. The minimum Gasteiger partial charge on any atom is -0.503 e. The molecule has 2 heterocycles. The number of allylic oxidation sites excluding steroid dienone is 1. The topological polar surface area (TPSA) is 102 Å². The molecule has 0 fully saturated rings. The van der Waals surface area contributed by atoms with Gasteiger partial charge in [0.25, 0.3) is 5.91 Å². The summed E-state index contributed by atoms with van der Waals surface area (Å²) < 4.78 is 26.1. The lowest BCUT2D eigenvalue weighted by molar-refractivity contribution is -0.117. The first-order chi connectivity index (χ1) is 20.9. The van der Waals surface area contributed by atoms with Crippen LogP contribution in [0.2, 0.25) is 0 Å². The van der Waals surface area contributed by atoms with Gasteiger partial charge in [-0.2, -0.15) is 0 Å². The van der Waals surface area contributed by atoms with Crippen LogP contribution in [0.4, 0.5) is 9.52 Å². The first-order valence-electron chi connectivity index (χ1n) is 13.5. The molecule has 1 amide bonds. The summed E-state index contributed by atoms with van der Waals surface area (Å²) in [6, 6.07) is 19.8. The van der Waals surface area contributed by atoms with Crippen LogP contribution in [0.1, 0.15) is 36.6 Å². The van der Waals surface area contributed by atoms with Gasteiger partial charge in [-0.1, -0.05) is 83.8 Å². The number of aliphatic hydroxyl groups is 1. The van der Waals surface area contributed by atoms with E-state index in [2.05, 4.69) is 10.2 Å². The molecule has 0 bridgehead atoms. The fourth-order valence-electron chi connectivity index (χ4n) is 4.55. The molecule has 0 radical (unpaired) electrons. The van der Waals surface area contributed by atoms with Crippen LogP contribution in [0, 0.1) is 5.82 Å². The van der Waals surface area contributed by atoms with E-state index in [1.54, 1.807) is 42.5 Å². The Balaban J connectivity index is 1.52. The molecule has 1 N–H and O–H groups in total. The first kappa shape index (κ1) is 30.0. The van der Waals surface area contributed by atoms with Crippen LogP contribution >= 0.6 is 23.1 Å². The number of aromatic nitrogens is 2. The van der Waals surface area contributed by atoms with Crippen LogP contribution in [0.25, 0.3) is 6.08 Å². The number of hydrogen-bond acceptors (Lipinski definition) is 9. The number of hydrogen-bond donors (Lipinski definition) is 1. The molecule has 220 valence electrons. The van der Waals surface area contributed by atoms with Crippen LogP contribution in [-0.2, 0) is 15.3 Å². The molecule has 43 heavy (non-hydrogen) atoms. The molecular weight excluding hydrogens is 590 g/mol. The third-order valence-corrected chi connectivity index (χ3v) is 8.60. The molecule has 11 heteroatoms. The average molecular weight is 618 g/mol. The Labute approximate surface area is 256 Å². The standard InChI is InChI=1S/C32H28FN3O5S2/c1-3-40-25-17-15-21(18-26(25)41-4-2)28-27(24(37)16-14-20-10-6-5-7-11-20)29(38)30(39)36(28)31-34-35-32(43-31)42-19-22-12-8-9-13-23(22)33/h5-18,28,38H,3-4,19H2,1-2H3/b16-14+. The van der Waals surface area contributed by atoms with Crippen LogP contribution in [0.3, 0.4) is 0 Å². The van der Waals surface area contributed by atoms with Crippen molar-refractivity contribution in [3.8, 4) is 11.5 Å². The second-order valence-electron chi connectivity index (χ2n) is 9.25. The summed E-state index contributed by atoms with van der Waals surface area (Å²) in [7, 11) is 0. The van der Waals surface area contributed by atoms with Gasteiger partial charge in [0.05, 0.1) is 24.8 Å². The lowest BCUT2D eigenvalue weighted by Crippen LogP contribution is -2.31. The van der Waals surface area contributed by atoms with Gasteiger partial charge in [0.2, 0.25) is 5.13 Å². The van der Waals surface area contributed by atoms with Gasteiger partial charge < -0.3 is 14.6 Å². The quantitative estimate of drug-likeness (QED) is 0.104. The highest BCUT2D eigenvalue weighted by molar-refractivity contribution is 8.00. The number of carbonyl (C=O) groups excluding carboxylic acids is 2. The molecule has 0 spiro atoms. The summed E-state index contributed by atoms with van der Waals surface area (Å²) in [6.45, 7) is 4.47. The Morgan fingerprint density at radius 1 is 1.02 bits per heavy atom. The highest BCUT2D eigenvalue weighted by Gasteiger charge is 2.45. The average Bonchev–Trinajstić information content (AvgIpc) is 3.59. The zero-order chi connectivity index (χ0) is 30.3. The minimum atomic E-state index is -1.02. The predicted octanol–water partition coefficient (Wildman–Crippen LogP) is 6.95. The number of ketones is 1. The van der Waals surface area contributed by atoms with Crippen molar-refractivity contribution in [2.24, 2.45) is 0 Å². The van der Waals surface area contributed by atoms with E-state index in [0.717, 1.165) is 16.9 Å². The van der Waals surface area contributed by atoms with E-state index in [1.807, 2.05) is 44.2 Å². The third-order valence-electron chi connectivity index (χ3n) is 6.49. The van der Waals surface area contributed by atoms with Crippen molar-refractivity contribution >= 4 is 46.0 Å². The molecule has 3 aromatic carbocycles. The van der Waals surface area contributed by atoms with Crippen molar-refractivity contribution in [2.75, 3.05) is 18.1 Å². The lowest BCUT2D eigenvalue weighted by atomic mass is 9.95. The molecule has 1 atom stereocenters. The van der Waals surface area contributed by atoms with E-state index in [9.17, 15) is 19.1 Å². The number of carbonyl (C=O) groups is 2. The molecule has 5 rings (SSSR count). The van der Waals surface area contributed by atoms with Crippen molar-refractivity contribution in [1.29, 1.82) is 0 Å². The van der Waals surface area contributed by atoms with Gasteiger partial charge in [-0.25, -0.2) is 4.39 Å². The number of rotatable bonds is 12. The van der Waals surface area contributed by atoms with E-state index in [0.29, 0.717) is 45.9 Å². The number of benzene rings is 3. The van der Waals surface area contributed by atoms with E-state index >= 15 is 0 Å². The van der Waals surface area contributed by atoms with Gasteiger partial charge in [-0.3, -0.25) is 14.5 Å². The molecule has 1 aliphatic rings. The largest absolute Gasteiger partial charge is 0.503 e. The van der Waals surface area contributed by atoms with Crippen molar-refractivity contribution in [3.05, 3.63) is 113 Å². The van der Waals surface area contributed by atoms with Crippen LogP contribution in [-0.4, -0.2) is 40.2 Å². The zero-order valence-corrected chi connectivity index (χ0v) is 25.0. The Morgan fingerprint density at radius 3 is 2.49 bits per heavy atom. The number of anilines is 1. The van der Waals surface area contributed by atoms with E-state index < -0.39 is 23.5 Å². The summed E-state index contributed by atoms with van der Waals surface area (Å²) in [4.78, 5) is 28.4. The summed E-state index contributed by atoms with van der Waals surface area (Å²) in [5.74, 6) is -1.05. The second kappa shape index (κ2) is 13.7. The summed E-state index contributed by atoms with van der Waals surface area (Å²) in [5.41, 5.74) is 1.71. The van der Waals surface area contributed by atoms with Gasteiger partial charge in [0, 0.05) is 5.75 Å². The molecule has 0 saturated carbocycles. The van der Waals surface area contributed by atoms with Crippen molar-refractivity contribution in [2.45, 2.75) is 30.0 Å². The maximum Gasteiger partial charge on any atom is 0.296 e. The Bertz CT molecular complexity index is 1690. The molecule has 1 aliphatic heterocycles. The van der Waals surface area contributed by atoms with Crippen molar-refractivity contribution in [3.63, 3.8) is 0 Å². The number of nitrogens with zero attached hydrogens (tertiary/aromatic N) is 3. The maximum atomic E-state index is 14.1. The lowest BCUT2D eigenvalue weighted by Gasteiger charge is -2.24. The SMILES string of the molecule is CCOc1ccc(C2C(C(=O)/C=C/c3ccccc3)=C(O)C(=O)N2c2nnc(SCc3ccccc3F)s2)cc1OCC. The highest BCUT2D eigenvalue weighted by Crippen LogP contribution is 2.45. The molecule has 8 nitrogen and oxygen atoms in total. The van der Waals surface area contributed by atoms with Gasteiger partial charge in [0.1, 0.15) is 5.82 Å². The van der Waals surface area contributed by atoms with E-state index in [-0.39, 0.29) is 16.5 Å². The van der Waals surface area contributed by atoms with Crippen LogP contribution in [0.15, 0.2) is 94.5 Å². The van der Waals surface area contributed by atoms with Crippen LogP contribution in [0.5, 0.6) is 11.5 Å². The highest BCUT2D eigenvalue weighted by atomic mass is 32.2. The number of thioether (sulfide) groups is 1. The van der Waals surface area contributed by atoms with Gasteiger partial charge >= 0.3 is 0 Å². The Kier molecular flexibility index (Phi) is 9.53. The van der Waals surface area contributed by atoms with Crippen molar-refractivity contribution in [1.82, 2.24) is 10.2 Å². The number of aliphatic hydroxyl groups excluding tert-OH is 1. The molecule has 0 saturated heterocycles. The normalized spacial score (nSPS) is 15.0. The Hall–Kier alpha value is -4.48. The summed E-state index contributed by atoms with van der Waals surface area (Å²) >= 11 is 2.38. The summed E-state index contributed by atoms with van der Waals surface area (Å²) in [5, 5.41) is 19.7. The number of halogens is 1. The maximum absolute atomic E-state index is 14.1. The van der Waals surface area contributed by atoms with Crippen LogP contribution < -0.4 is 14.4 Å². The zero-order valence-electron chi connectivity index (χ0n) is 23.4. The first-order valence-corrected chi connectivity index (χ1v) is 15.3. The molecular formula is C32H28FN3O5S2. The van der Waals surface area contributed by atoms with Gasteiger partial charge in [-0.05, 0) is 54.8 Å². The third kappa shape index (κ3) is 6.63. The molecule has 4 aromatic rings. The monoisotopic (exact) mass is 617 g/mol. The van der Waals surface area contributed by atoms with Gasteiger partial charge in [0.15, 0.2) is 27.4 Å². The number of ether oxygens (including phenoxy) is 2. The van der Waals surface area contributed by atoms with Crippen molar-refractivity contribution < 1.29 is 28.6 Å². The summed E-state index contributed by atoms with van der Waals surface area (Å²) in [6.07, 6.45) is 2.96. The Morgan fingerprint density at radius 2 is 1.74 bits per heavy atom. The second-order valence-corrected chi connectivity index (χ2v) is 11.4.